The summed E-state index contributed by atoms with van der Waals surface area (Å²) in [6, 6.07) is -0.859. The lowest BCUT2D eigenvalue weighted by Gasteiger charge is -2.28. The highest BCUT2D eigenvalue weighted by Gasteiger charge is 2.70. The first-order valence-electron chi connectivity index (χ1n) is 5.79. The van der Waals surface area contributed by atoms with Crippen LogP contribution >= 0.6 is 0 Å². The van der Waals surface area contributed by atoms with Gasteiger partial charge in [-0.2, -0.15) is 13.2 Å². The van der Waals surface area contributed by atoms with Crippen LogP contribution in [0.25, 0.3) is 0 Å². The minimum Gasteiger partial charge on any atom is -0.467 e. The Morgan fingerprint density at radius 1 is 1.33 bits per heavy atom. The Balaban J connectivity index is 2.17. The molecule has 0 bridgehead atoms. The fourth-order valence-electron chi connectivity index (χ4n) is 2.41. The van der Waals surface area contributed by atoms with E-state index in [0.29, 0.717) is 12.8 Å². The Morgan fingerprint density at radius 3 is 2.39 bits per heavy atom. The zero-order valence-corrected chi connectivity index (χ0v) is 9.92. The second kappa shape index (κ2) is 4.13. The molecule has 0 radical (unpaired) electrons. The van der Waals surface area contributed by atoms with E-state index in [-0.39, 0.29) is 19.4 Å². The summed E-state index contributed by atoms with van der Waals surface area (Å²) in [5, 5.41) is 0. The average molecular weight is 265 g/mol. The van der Waals surface area contributed by atoms with Crippen LogP contribution in [-0.2, 0) is 14.3 Å². The molecule has 1 atom stereocenters. The largest absolute Gasteiger partial charge is 0.467 e. The molecule has 0 aromatic rings. The molecule has 1 aliphatic heterocycles. The summed E-state index contributed by atoms with van der Waals surface area (Å²) in [6.45, 7) is 0.191. The third kappa shape index (κ3) is 1.85. The van der Waals surface area contributed by atoms with Crippen LogP contribution in [0.3, 0.4) is 0 Å². The van der Waals surface area contributed by atoms with Gasteiger partial charge in [-0.3, -0.25) is 4.79 Å². The highest BCUT2D eigenvalue weighted by atomic mass is 19.4. The predicted octanol–water partition coefficient (Wildman–Crippen LogP) is 1.49. The molecular formula is C11H14F3NO3. The van der Waals surface area contributed by atoms with Gasteiger partial charge in [0.1, 0.15) is 11.5 Å². The normalized spacial score (nSPS) is 26.0. The molecule has 1 saturated heterocycles. The molecule has 0 aromatic heterocycles. The maximum Gasteiger partial charge on any atom is 0.403 e. The molecule has 0 unspecified atom stereocenters. The Hall–Kier alpha value is -1.27. The molecule has 2 fully saturated rings. The van der Waals surface area contributed by atoms with Crippen molar-refractivity contribution in [2.45, 2.75) is 37.9 Å². The molecule has 0 spiro atoms. The number of hydrogen-bond donors (Lipinski definition) is 0. The minimum absolute atomic E-state index is 0.181. The maximum absolute atomic E-state index is 12.8. The van der Waals surface area contributed by atoms with Crippen LogP contribution in [0.2, 0.25) is 0 Å². The van der Waals surface area contributed by atoms with Crippen molar-refractivity contribution in [1.82, 2.24) is 4.90 Å². The number of carbonyl (C=O) groups excluding carboxylic acids is 2. The smallest absolute Gasteiger partial charge is 0.403 e. The van der Waals surface area contributed by atoms with Crippen LogP contribution in [0.4, 0.5) is 13.2 Å². The molecule has 1 heterocycles. The number of likely N-dealkylation sites (tertiary alicyclic amines) is 1. The summed E-state index contributed by atoms with van der Waals surface area (Å²) in [5.74, 6) is -1.61. The number of amides is 1. The summed E-state index contributed by atoms with van der Waals surface area (Å²) in [7, 11) is 1.17. The van der Waals surface area contributed by atoms with Gasteiger partial charge >= 0.3 is 12.1 Å². The van der Waals surface area contributed by atoms with Gasteiger partial charge in [0.05, 0.1) is 7.11 Å². The first-order chi connectivity index (χ1) is 8.33. The predicted molar refractivity (Wildman–Crippen MR) is 54.5 cm³/mol. The first kappa shape index (κ1) is 13.2. The number of halogens is 3. The van der Waals surface area contributed by atoms with Crippen molar-refractivity contribution in [3.8, 4) is 0 Å². The maximum atomic E-state index is 12.8. The van der Waals surface area contributed by atoms with Gasteiger partial charge < -0.3 is 9.64 Å². The lowest BCUT2D eigenvalue weighted by atomic mass is 10.0. The van der Waals surface area contributed by atoms with E-state index in [4.69, 9.17) is 0 Å². The van der Waals surface area contributed by atoms with Crippen LogP contribution in [-0.4, -0.2) is 42.6 Å². The van der Waals surface area contributed by atoms with Crippen molar-refractivity contribution in [2.75, 3.05) is 13.7 Å². The van der Waals surface area contributed by atoms with Gasteiger partial charge in [0.25, 0.3) is 0 Å². The second-order valence-electron chi connectivity index (χ2n) is 4.76. The van der Waals surface area contributed by atoms with Crippen LogP contribution < -0.4 is 0 Å². The van der Waals surface area contributed by atoms with Crippen molar-refractivity contribution >= 4 is 11.9 Å². The molecule has 102 valence electrons. The lowest BCUT2D eigenvalue weighted by Crippen LogP contribution is -2.48. The topological polar surface area (TPSA) is 46.6 Å². The summed E-state index contributed by atoms with van der Waals surface area (Å²) >= 11 is 0. The summed E-state index contributed by atoms with van der Waals surface area (Å²) in [4.78, 5) is 24.5. The number of carbonyl (C=O) groups is 2. The molecule has 18 heavy (non-hydrogen) atoms. The Labute approximate surface area is 102 Å². The number of nitrogens with zero attached hydrogens (tertiary/aromatic N) is 1. The van der Waals surface area contributed by atoms with E-state index in [2.05, 4.69) is 4.74 Å². The van der Waals surface area contributed by atoms with E-state index in [9.17, 15) is 22.8 Å². The van der Waals surface area contributed by atoms with E-state index < -0.39 is 29.5 Å². The molecule has 0 aromatic carbocycles. The monoisotopic (exact) mass is 265 g/mol. The average Bonchev–Trinajstić information content (AvgIpc) is 2.99. The number of rotatable bonds is 2. The zero-order valence-electron chi connectivity index (χ0n) is 9.92. The van der Waals surface area contributed by atoms with Crippen molar-refractivity contribution in [1.29, 1.82) is 0 Å². The molecule has 7 heteroatoms. The zero-order chi connectivity index (χ0) is 13.6. The number of hydrogen-bond acceptors (Lipinski definition) is 3. The van der Waals surface area contributed by atoms with Crippen molar-refractivity contribution < 1.29 is 27.5 Å². The van der Waals surface area contributed by atoms with Gasteiger partial charge in [-0.25, -0.2) is 4.79 Å². The molecular weight excluding hydrogens is 251 g/mol. The lowest BCUT2D eigenvalue weighted by molar-refractivity contribution is -0.200. The molecule has 1 saturated carbocycles. The van der Waals surface area contributed by atoms with Crippen LogP contribution in [0.15, 0.2) is 0 Å². The SMILES string of the molecule is COC(=O)[C@@H]1CCCN1C(=O)C1(C(F)(F)F)CC1. The summed E-state index contributed by atoms with van der Waals surface area (Å²) < 4.78 is 43.1. The number of alkyl halides is 3. The Bertz CT molecular complexity index is 376. The van der Waals surface area contributed by atoms with Gasteiger partial charge in [-0.15, -0.1) is 0 Å². The Kier molecular flexibility index (Phi) is 3.03. The quantitative estimate of drug-likeness (QED) is 0.711. The van der Waals surface area contributed by atoms with E-state index in [1.807, 2.05) is 0 Å². The van der Waals surface area contributed by atoms with Gasteiger partial charge in [-0.05, 0) is 25.7 Å². The van der Waals surface area contributed by atoms with Gasteiger partial charge in [-0.1, -0.05) is 0 Å². The summed E-state index contributed by atoms with van der Waals surface area (Å²) in [6.07, 6.45) is -4.00. The van der Waals surface area contributed by atoms with Crippen molar-refractivity contribution in [3.63, 3.8) is 0 Å². The van der Waals surface area contributed by atoms with Gasteiger partial charge in [0.15, 0.2) is 0 Å². The molecule has 1 amide bonds. The van der Waals surface area contributed by atoms with Crippen molar-refractivity contribution in [3.05, 3.63) is 0 Å². The third-order valence-corrected chi connectivity index (χ3v) is 3.69. The van der Waals surface area contributed by atoms with E-state index >= 15 is 0 Å². The summed E-state index contributed by atoms with van der Waals surface area (Å²) in [5.41, 5.74) is -2.25. The molecule has 2 aliphatic rings. The third-order valence-electron chi connectivity index (χ3n) is 3.69. The van der Waals surface area contributed by atoms with Crippen LogP contribution in [0.5, 0.6) is 0 Å². The molecule has 4 nitrogen and oxygen atoms in total. The van der Waals surface area contributed by atoms with Crippen molar-refractivity contribution in [2.24, 2.45) is 5.41 Å². The highest BCUT2D eigenvalue weighted by molar-refractivity contribution is 5.91. The number of esters is 1. The molecule has 1 aliphatic carbocycles. The Morgan fingerprint density at radius 2 is 1.94 bits per heavy atom. The van der Waals surface area contributed by atoms with Crippen LogP contribution in [0.1, 0.15) is 25.7 Å². The molecule has 2 rings (SSSR count). The van der Waals surface area contributed by atoms with E-state index in [1.165, 1.54) is 7.11 Å². The van der Waals surface area contributed by atoms with Crippen LogP contribution in [0, 0.1) is 5.41 Å². The van der Waals surface area contributed by atoms with Gasteiger partial charge in [0, 0.05) is 6.54 Å². The highest BCUT2D eigenvalue weighted by Crippen LogP contribution is 2.59. The fraction of sp³-hybridized carbons (Fsp3) is 0.818. The molecule has 0 N–H and O–H groups in total. The second-order valence-corrected chi connectivity index (χ2v) is 4.76. The van der Waals surface area contributed by atoms with E-state index in [0.717, 1.165) is 4.90 Å². The first-order valence-corrected chi connectivity index (χ1v) is 5.79. The fourth-order valence-corrected chi connectivity index (χ4v) is 2.41. The minimum atomic E-state index is -4.53. The van der Waals surface area contributed by atoms with E-state index in [1.54, 1.807) is 0 Å². The van der Waals surface area contributed by atoms with Gasteiger partial charge in [0.2, 0.25) is 5.91 Å². The number of ether oxygens (including phenoxy) is 1. The standard InChI is InChI=1S/C11H14F3NO3/c1-18-8(16)7-3-2-6-15(7)9(17)10(4-5-10)11(12,13)14/h7H,2-6H2,1H3/t7-/m0/s1. The number of methoxy groups -OCH3 is 1.